The molecule has 0 aliphatic rings. The number of nitrogens with zero attached hydrogens (tertiary/aromatic N) is 2. The van der Waals surface area contributed by atoms with Crippen molar-refractivity contribution in [3.05, 3.63) is 29.8 Å². The SMILES string of the molecule is CCC(NC(=O)c1ccc(N=NC(N)=O)cc1)C(O)C(C)C. The number of carbonyl (C=O) groups is 2. The van der Waals surface area contributed by atoms with Gasteiger partial charge in [0, 0.05) is 5.56 Å². The molecule has 2 unspecified atom stereocenters. The molecule has 0 radical (unpaired) electrons. The summed E-state index contributed by atoms with van der Waals surface area (Å²) < 4.78 is 0. The molecule has 0 aliphatic heterocycles. The molecule has 0 saturated carbocycles. The van der Waals surface area contributed by atoms with Gasteiger partial charge < -0.3 is 16.2 Å². The van der Waals surface area contributed by atoms with Crippen LogP contribution in [0.5, 0.6) is 0 Å². The highest BCUT2D eigenvalue weighted by molar-refractivity contribution is 5.94. The Balaban J connectivity index is 2.75. The summed E-state index contributed by atoms with van der Waals surface area (Å²) in [6.45, 7) is 5.71. The zero-order valence-corrected chi connectivity index (χ0v) is 13.0. The molecule has 0 bridgehead atoms. The fourth-order valence-electron chi connectivity index (χ4n) is 1.93. The summed E-state index contributed by atoms with van der Waals surface area (Å²) >= 11 is 0. The number of aliphatic hydroxyl groups is 1. The van der Waals surface area contributed by atoms with Gasteiger partial charge in [-0.05, 0) is 36.6 Å². The van der Waals surface area contributed by atoms with Crippen LogP contribution in [0.2, 0.25) is 0 Å². The third-order valence-corrected chi connectivity index (χ3v) is 3.25. The summed E-state index contributed by atoms with van der Waals surface area (Å²) in [5, 5.41) is 19.7. The van der Waals surface area contributed by atoms with Crippen molar-refractivity contribution in [2.45, 2.75) is 39.3 Å². The molecule has 0 saturated heterocycles. The maximum Gasteiger partial charge on any atom is 0.356 e. The Kier molecular flexibility index (Phi) is 6.65. The number of hydrogen-bond acceptors (Lipinski definition) is 4. The molecule has 4 N–H and O–H groups in total. The maximum atomic E-state index is 12.2. The van der Waals surface area contributed by atoms with Crippen LogP contribution in [0.15, 0.2) is 34.5 Å². The monoisotopic (exact) mass is 306 g/mol. The Morgan fingerprint density at radius 3 is 2.32 bits per heavy atom. The van der Waals surface area contributed by atoms with Crippen molar-refractivity contribution >= 4 is 17.6 Å². The number of benzene rings is 1. The molecular formula is C15H22N4O3. The number of nitrogens with two attached hydrogens (primary N) is 1. The quantitative estimate of drug-likeness (QED) is 0.700. The standard InChI is InChI=1S/C15H22N4O3/c1-4-12(13(20)9(2)3)17-14(21)10-5-7-11(8-6-10)18-19-15(16)22/h5-9,12-13,20H,4H2,1-3H3,(H2,16,22)(H,17,21). The zero-order chi connectivity index (χ0) is 16.7. The molecule has 1 rings (SSSR count). The second-order valence-electron chi connectivity index (χ2n) is 5.31. The topological polar surface area (TPSA) is 117 Å². The van der Waals surface area contributed by atoms with Crippen molar-refractivity contribution < 1.29 is 14.7 Å². The lowest BCUT2D eigenvalue weighted by Gasteiger charge is -2.25. The number of aliphatic hydroxyl groups excluding tert-OH is 1. The lowest BCUT2D eigenvalue weighted by atomic mass is 9.97. The minimum Gasteiger partial charge on any atom is -0.391 e. The molecule has 1 aromatic carbocycles. The summed E-state index contributed by atoms with van der Waals surface area (Å²) in [5.41, 5.74) is 5.71. The Morgan fingerprint density at radius 1 is 1.27 bits per heavy atom. The summed E-state index contributed by atoms with van der Waals surface area (Å²) in [7, 11) is 0. The molecule has 0 spiro atoms. The van der Waals surface area contributed by atoms with Crippen LogP contribution >= 0.6 is 0 Å². The van der Waals surface area contributed by atoms with Gasteiger partial charge in [-0.3, -0.25) is 4.79 Å². The van der Waals surface area contributed by atoms with E-state index in [0.29, 0.717) is 17.7 Å². The van der Waals surface area contributed by atoms with E-state index < -0.39 is 12.1 Å². The third-order valence-electron chi connectivity index (χ3n) is 3.25. The van der Waals surface area contributed by atoms with E-state index in [4.69, 9.17) is 5.73 Å². The molecule has 0 heterocycles. The van der Waals surface area contributed by atoms with E-state index in [9.17, 15) is 14.7 Å². The van der Waals surface area contributed by atoms with Crippen molar-refractivity contribution in [3.8, 4) is 0 Å². The summed E-state index contributed by atoms with van der Waals surface area (Å²) in [4.78, 5) is 22.7. The van der Waals surface area contributed by atoms with Crippen molar-refractivity contribution in [2.24, 2.45) is 21.9 Å². The molecule has 3 amide bonds. The van der Waals surface area contributed by atoms with Gasteiger partial charge in [0.25, 0.3) is 5.91 Å². The zero-order valence-electron chi connectivity index (χ0n) is 13.0. The first-order chi connectivity index (χ1) is 10.3. The van der Waals surface area contributed by atoms with Crippen molar-refractivity contribution in [2.75, 3.05) is 0 Å². The lowest BCUT2D eigenvalue weighted by Crippen LogP contribution is -2.45. The lowest BCUT2D eigenvalue weighted by molar-refractivity contribution is 0.0678. The van der Waals surface area contributed by atoms with Crippen LogP contribution in [0.25, 0.3) is 0 Å². The fraction of sp³-hybridized carbons (Fsp3) is 0.467. The second-order valence-corrected chi connectivity index (χ2v) is 5.31. The minimum absolute atomic E-state index is 0.0573. The average molecular weight is 306 g/mol. The first kappa shape index (κ1) is 17.8. The van der Waals surface area contributed by atoms with E-state index in [1.807, 2.05) is 20.8 Å². The largest absolute Gasteiger partial charge is 0.391 e. The van der Waals surface area contributed by atoms with E-state index in [1.165, 1.54) is 0 Å². The van der Waals surface area contributed by atoms with E-state index in [-0.39, 0.29) is 17.9 Å². The number of hydrogen-bond donors (Lipinski definition) is 3. The molecule has 2 atom stereocenters. The average Bonchev–Trinajstić information content (AvgIpc) is 2.50. The number of nitrogens with one attached hydrogen (secondary N) is 1. The summed E-state index contributed by atoms with van der Waals surface area (Å²) in [5.74, 6) is -0.216. The Morgan fingerprint density at radius 2 is 1.86 bits per heavy atom. The van der Waals surface area contributed by atoms with Gasteiger partial charge >= 0.3 is 6.03 Å². The number of primary amides is 1. The van der Waals surface area contributed by atoms with Gasteiger partial charge in [0.05, 0.1) is 17.8 Å². The molecule has 22 heavy (non-hydrogen) atoms. The van der Waals surface area contributed by atoms with Gasteiger partial charge in [-0.15, -0.1) is 5.11 Å². The normalized spacial score (nSPS) is 14.0. The van der Waals surface area contributed by atoms with Crippen molar-refractivity contribution in [1.29, 1.82) is 0 Å². The summed E-state index contributed by atoms with van der Waals surface area (Å²) in [6.07, 6.45) is 0.0355. The highest BCUT2D eigenvalue weighted by Crippen LogP contribution is 2.15. The van der Waals surface area contributed by atoms with Crippen LogP contribution in [-0.4, -0.2) is 29.2 Å². The first-order valence-corrected chi connectivity index (χ1v) is 7.15. The van der Waals surface area contributed by atoms with Gasteiger partial charge in [0.2, 0.25) is 0 Å². The molecule has 0 fully saturated rings. The predicted molar refractivity (Wildman–Crippen MR) is 82.9 cm³/mol. The van der Waals surface area contributed by atoms with Crippen LogP contribution in [0, 0.1) is 5.92 Å². The molecule has 120 valence electrons. The van der Waals surface area contributed by atoms with Gasteiger partial charge in [0.1, 0.15) is 0 Å². The van der Waals surface area contributed by atoms with Gasteiger partial charge in [0.15, 0.2) is 0 Å². The fourth-order valence-corrected chi connectivity index (χ4v) is 1.93. The highest BCUT2D eigenvalue weighted by atomic mass is 16.3. The Hall–Kier alpha value is -2.28. The maximum absolute atomic E-state index is 12.2. The highest BCUT2D eigenvalue weighted by Gasteiger charge is 2.22. The van der Waals surface area contributed by atoms with Crippen molar-refractivity contribution in [1.82, 2.24) is 5.32 Å². The number of urea groups is 1. The van der Waals surface area contributed by atoms with E-state index in [1.54, 1.807) is 24.3 Å². The van der Waals surface area contributed by atoms with E-state index in [0.717, 1.165) is 0 Å². The minimum atomic E-state index is -0.879. The van der Waals surface area contributed by atoms with Gasteiger partial charge in [-0.25, -0.2) is 4.79 Å². The van der Waals surface area contributed by atoms with Crippen LogP contribution in [0.3, 0.4) is 0 Å². The van der Waals surface area contributed by atoms with Crippen LogP contribution in [0.4, 0.5) is 10.5 Å². The number of azo groups is 1. The number of amides is 3. The van der Waals surface area contributed by atoms with Crippen LogP contribution in [-0.2, 0) is 0 Å². The second kappa shape index (κ2) is 8.23. The predicted octanol–water partition coefficient (Wildman–Crippen LogP) is 2.37. The number of carbonyl (C=O) groups excluding carboxylic acids is 2. The molecule has 7 heteroatoms. The van der Waals surface area contributed by atoms with Gasteiger partial charge in [-0.2, -0.15) is 0 Å². The smallest absolute Gasteiger partial charge is 0.356 e. The molecule has 0 aliphatic carbocycles. The molecular weight excluding hydrogens is 284 g/mol. The third kappa shape index (κ3) is 5.25. The molecule has 7 nitrogen and oxygen atoms in total. The number of rotatable bonds is 6. The van der Waals surface area contributed by atoms with Crippen LogP contribution < -0.4 is 11.1 Å². The Bertz CT molecular complexity index is 540. The molecule has 1 aromatic rings. The Labute approximate surface area is 129 Å². The first-order valence-electron chi connectivity index (χ1n) is 7.15. The van der Waals surface area contributed by atoms with Crippen molar-refractivity contribution in [3.63, 3.8) is 0 Å². The van der Waals surface area contributed by atoms with E-state index >= 15 is 0 Å². The summed E-state index contributed by atoms with van der Waals surface area (Å²) in [6, 6.07) is 5.07. The van der Waals surface area contributed by atoms with Gasteiger partial charge in [-0.1, -0.05) is 25.9 Å². The van der Waals surface area contributed by atoms with E-state index in [2.05, 4.69) is 15.5 Å². The van der Waals surface area contributed by atoms with Crippen LogP contribution in [0.1, 0.15) is 37.6 Å². The molecule has 0 aromatic heterocycles.